The van der Waals surface area contributed by atoms with Crippen molar-refractivity contribution in [1.29, 1.82) is 0 Å². The highest BCUT2D eigenvalue weighted by Crippen LogP contribution is 2.26. The van der Waals surface area contributed by atoms with Crippen LogP contribution in [0.4, 0.5) is 5.69 Å². The van der Waals surface area contributed by atoms with Crippen molar-refractivity contribution < 1.29 is 28.7 Å². The number of carbonyl (C=O) groups is 5. The fourth-order valence-electron chi connectivity index (χ4n) is 4.42. The van der Waals surface area contributed by atoms with E-state index in [-0.39, 0.29) is 37.0 Å². The summed E-state index contributed by atoms with van der Waals surface area (Å²) in [6.07, 6.45) is 7.55. The van der Waals surface area contributed by atoms with E-state index in [1.807, 2.05) is 7.05 Å². The number of unbranched alkanes of at least 4 members (excludes halogenated alkanes) is 2. The molecule has 0 saturated carbocycles. The van der Waals surface area contributed by atoms with Crippen molar-refractivity contribution in [3.05, 3.63) is 41.1 Å². The molecule has 220 valence electrons. The molecule has 3 amide bonds. The number of rotatable bonds is 19. The predicted molar refractivity (Wildman–Crippen MR) is 154 cm³/mol. The molecule has 0 fully saturated rings. The number of benzene rings is 1. The lowest BCUT2D eigenvalue weighted by Gasteiger charge is -2.19. The Balaban J connectivity index is 1.54. The van der Waals surface area contributed by atoms with Crippen LogP contribution < -0.4 is 21.3 Å². The van der Waals surface area contributed by atoms with Gasteiger partial charge in [-0.2, -0.15) is 0 Å². The second-order valence-electron chi connectivity index (χ2n) is 9.97. The number of anilines is 1. The van der Waals surface area contributed by atoms with Gasteiger partial charge in [0.05, 0.1) is 6.61 Å². The van der Waals surface area contributed by atoms with Gasteiger partial charge in [-0.25, -0.2) is 0 Å². The van der Waals surface area contributed by atoms with E-state index < -0.39 is 11.8 Å². The van der Waals surface area contributed by atoms with Gasteiger partial charge < -0.3 is 30.8 Å². The number of ether oxygens (including phenoxy) is 1. The van der Waals surface area contributed by atoms with Crippen LogP contribution in [0.3, 0.4) is 0 Å². The monoisotopic (exact) mass is 556 g/mol. The molecule has 0 spiro atoms. The van der Waals surface area contributed by atoms with Crippen molar-refractivity contribution in [1.82, 2.24) is 16.0 Å². The van der Waals surface area contributed by atoms with Crippen LogP contribution in [0.1, 0.15) is 87.9 Å². The normalized spacial score (nSPS) is 12.9. The lowest BCUT2D eigenvalue weighted by Crippen LogP contribution is -2.31. The Hall–Kier alpha value is -3.53. The fraction of sp³-hybridized carbons (Fsp3) is 0.567. The third kappa shape index (κ3) is 13.0. The van der Waals surface area contributed by atoms with E-state index in [4.69, 9.17) is 4.74 Å². The molecule has 0 bridgehead atoms. The summed E-state index contributed by atoms with van der Waals surface area (Å²) >= 11 is 0. The minimum atomic E-state index is -0.449. The Morgan fingerprint density at radius 2 is 1.50 bits per heavy atom. The largest absolute Gasteiger partial charge is 0.391 e. The quantitative estimate of drug-likeness (QED) is 0.116. The molecule has 40 heavy (non-hydrogen) atoms. The molecule has 2 rings (SSSR count). The summed E-state index contributed by atoms with van der Waals surface area (Å²) in [7, 11) is 1.84. The van der Waals surface area contributed by atoms with Gasteiger partial charge in [-0.1, -0.05) is 6.42 Å². The molecule has 1 aliphatic rings. The summed E-state index contributed by atoms with van der Waals surface area (Å²) in [6, 6.07) is 6.70. The average molecular weight is 557 g/mol. The highest BCUT2D eigenvalue weighted by Gasteiger charge is 2.20. The lowest BCUT2D eigenvalue weighted by molar-refractivity contribution is -0.127. The third-order valence-electron chi connectivity index (χ3n) is 6.58. The van der Waals surface area contributed by atoms with E-state index in [2.05, 4.69) is 21.3 Å². The molecule has 0 heterocycles. The highest BCUT2D eigenvalue weighted by atomic mass is 16.5. The van der Waals surface area contributed by atoms with Crippen molar-refractivity contribution in [3.8, 4) is 0 Å². The Labute approximate surface area is 237 Å². The van der Waals surface area contributed by atoms with Crippen LogP contribution in [0.15, 0.2) is 35.5 Å². The fourth-order valence-corrected chi connectivity index (χ4v) is 4.42. The van der Waals surface area contributed by atoms with E-state index in [1.54, 1.807) is 31.2 Å². The van der Waals surface area contributed by atoms with Gasteiger partial charge in [0.15, 0.2) is 5.78 Å². The maximum Gasteiger partial charge on any atom is 0.233 e. The van der Waals surface area contributed by atoms with E-state index in [0.29, 0.717) is 43.7 Å². The van der Waals surface area contributed by atoms with Gasteiger partial charge in [-0.3, -0.25) is 19.2 Å². The molecule has 10 nitrogen and oxygen atoms in total. The molecule has 0 aromatic heterocycles. The van der Waals surface area contributed by atoms with Gasteiger partial charge in [0.2, 0.25) is 17.7 Å². The standard InChI is InChI=1S/C30H44N4O6/c1-22(35)9-4-3-7-17-32-27(36)12-8-19-40-20-18-33-28(37)21-29(38)34-24-15-13-23(14-16-24)30(39)25-10-5-6-11-26(25)31-2/h13-16,31H,3-12,17-21H2,1-2H3,(H,32,36)(H,33,37)(H,34,38). The molecular weight excluding hydrogens is 512 g/mol. The average Bonchev–Trinajstić information content (AvgIpc) is 2.94. The van der Waals surface area contributed by atoms with Crippen molar-refractivity contribution in [2.45, 2.75) is 77.6 Å². The first kappa shape index (κ1) is 32.7. The number of hydrogen-bond acceptors (Lipinski definition) is 7. The SMILES string of the molecule is CNC1=C(C(=O)c2ccc(NC(=O)CC(=O)NCCOCCCC(=O)NCCCCCC(C)=O)cc2)CCCC1. The van der Waals surface area contributed by atoms with Crippen LogP contribution in [0.5, 0.6) is 0 Å². The maximum atomic E-state index is 12.9. The number of allylic oxidation sites excluding steroid dienone is 2. The second kappa shape index (κ2) is 18.7. The lowest BCUT2D eigenvalue weighted by atomic mass is 9.90. The number of nitrogens with one attached hydrogen (secondary N) is 4. The Morgan fingerprint density at radius 1 is 0.775 bits per heavy atom. The molecule has 0 saturated heterocycles. The van der Waals surface area contributed by atoms with Crippen molar-refractivity contribution in [2.24, 2.45) is 0 Å². The first-order chi connectivity index (χ1) is 19.3. The molecule has 0 unspecified atom stereocenters. The zero-order valence-corrected chi connectivity index (χ0v) is 23.9. The van der Waals surface area contributed by atoms with Gasteiger partial charge in [0, 0.05) is 62.1 Å². The van der Waals surface area contributed by atoms with Gasteiger partial charge >= 0.3 is 0 Å². The third-order valence-corrected chi connectivity index (χ3v) is 6.58. The van der Waals surface area contributed by atoms with Gasteiger partial charge in [-0.15, -0.1) is 0 Å². The van der Waals surface area contributed by atoms with Crippen LogP contribution in [0.2, 0.25) is 0 Å². The van der Waals surface area contributed by atoms with Crippen LogP contribution in [0, 0.1) is 0 Å². The molecule has 4 N–H and O–H groups in total. The van der Waals surface area contributed by atoms with E-state index >= 15 is 0 Å². The molecule has 10 heteroatoms. The number of Topliss-reactive ketones (excluding diaryl/α,β-unsaturated/α-hetero) is 2. The van der Waals surface area contributed by atoms with Gasteiger partial charge in [0.25, 0.3) is 0 Å². The van der Waals surface area contributed by atoms with Crippen LogP contribution in [-0.4, -0.2) is 62.6 Å². The van der Waals surface area contributed by atoms with Gasteiger partial charge in [-0.05, 0) is 76.1 Å². The highest BCUT2D eigenvalue weighted by molar-refractivity contribution is 6.09. The Bertz CT molecular complexity index is 1040. The van der Waals surface area contributed by atoms with E-state index in [1.165, 1.54) is 0 Å². The maximum absolute atomic E-state index is 12.9. The topological polar surface area (TPSA) is 143 Å². The van der Waals surface area contributed by atoms with Crippen LogP contribution in [0.25, 0.3) is 0 Å². The number of ketones is 2. The zero-order chi connectivity index (χ0) is 29.2. The van der Waals surface area contributed by atoms with E-state index in [9.17, 15) is 24.0 Å². The second-order valence-corrected chi connectivity index (χ2v) is 9.97. The summed E-state index contributed by atoms with van der Waals surface area (Å²) in [5, 5.41) is 11.3. The number of hydrogen-bond donors (Lipinski definition) is 4. The molecule has 0 aliphatic heterocycles. The Morgan fingerprint density at radius 3 is 2.23 bits per heavy atom. The molecule has 0 radical (unpaired) electrons. The van der Waals surface area contributed by atoms with Crippen molar-refractivity contribution in [2.75, 3.05) is 38.7 Å². The van der Waals surface area contributed by atoms with Crippen molar-refractivity contribution in [3.63, 3.8) is 0 Å². The summed E-state index contributed by atoms with van der Waals surface area (Å²) in [5.41, 5.74) is 2.90. The molecule has 1 aliphatic carbocycles. The zero-order valence-electron chi connectivity index (χ0n) is 23.9. The Kier molecular flexibility index (Phi) is 15.3. The molecular formula is C30H44N4O6. The summed E-state index contributed by atoms with van der Waals surface area (Å²) in [4.78, 5) is 59.8. The predicted octanol–water partition coefficient (Wildman–Crippen LogP) is 3.42. The van der Waals surface area contributed by atoms with Gasteiger partial charge in [0.1, 0.15) is 12.2 Å². The smallest absolute Gasteiger partial charge is 0.233 e. The first-order valence-corrected chi connectivity index (χ1v) is 14.2. The first-order valence-electron chi connectivity index (χ1n) is 14.2. The summed E-state index contributed by atoms with van der Waals surface area (Å²) < 4.78 is 5.44. The van der Waals surface area contributed by atoms with E-state index in [0.717, 1.165) is 56.2 Å². The molecule has 1 aromatic carbocycles. The minimum absolute atomic E-state index is 0.000395. The number of amides is 3. The summed E-state index contributed by atoms with van der Waals surface area (Å²) in [5.74, 6) is -0.701. The number of carbonyl (C=O) groups excluding carboxylic acids is 5. The summed E-state index contributed by atoms with van der Waals surface area (Å²) in [6.45, 7) is 3.14. The minimum Gasteiger partial charge on any atom is -0.391 e. The van der Waals surface area contributed by atoms with Crippen molar-refractivity contribution >= 4 is 35.0 Å². The van der Waals surface area contributed by atoms with Crippen LogP contribution >= 0.6 is 0 Å². The molecule has 0 atom stereocenters. The molecule has 1 aromatic rings. The van der Waals surface area contributed by atoms with Crippen LogP contribution in [-0.2, 0) is 23.9 Å².